The highest BCUT2D eigenvalue weighted by atomic mass is 32.2. The van der Waals surface area contributed by atoms with Crippen LogP contribution in [0.3, 0.4) is 0 Å². The number of rotatable bonds is 6. The van der Waals surface area contributed by atoms with Crippen molar-refractivity contribution in [1.29, 1.82) is 0 Å². The van der Waals surface area contributed by atoms with Crippen LogP contribution in [-0.4, -0.2) is 30.1 Å². The lowest BCUT2D eigenvalue weighted by atomic mass is 10.0. The number of carbonyl (C=O) groups is 1. The third-order valence-electron chi connectivity index (χ3n) is 3.46. The summed E-state index contributed by atoms with van der Waals surface area (Å²) in [4.78, 5) is 11.2. The Kier molecular flexibility index (Phi) is 4.84. The Balaban J connectivity index is 2.25. The molecule has 0 aromatic carbocycles. The number of aromatic carboxylic acids is 1. The highest BCUT2D eigenvalue weighted by Gasteiger charge is 2.24. The first-order valence-electron chi connectivity index (χ1n) is 7.05. The summed E-state index contributed by atoms with van der Waals surface area (Å²) in [6.07, 6.45) is 8.40. The fraction of sp³-hybridized carbons (Fsp3) is 0.500. The number of carboxylic acids is 1. The zero-order valence-corrected chi connectivity index (χ0v) is 12.8. The minimum absolute atomic E-state index is 0.000708. The van der Waals surface area contributed by atoms with Gasteiger partial charge in [-0.25, -0.2) is 17.9 Å². The molecule has 1 atom stereocenters. The maximum Gasteiger partial charge on any atom is 0.352 e. The molecule has 21 heavy (non-hydrogen) atoms. The molecule has 1 aliphatic rings. The molecule has 0 saturated carbocycles. The van der Waals surface area contributed by atoms with Gasteiger partial charge in [0.2, 0.25) is 10.0 Å². The number of hydrogen-bond donors (Lipinski definition) is 2. The van der Waals surface area contributed by atoms with Crippen molar-refractivity contribution in [3.63, 3.8) is 0 Å². The minimum atomic E-state index is -3.68. The molecule has 0 spiro atoms. The average Bonchev–Trinajstić information content (AvgIpc) is 2.85. The summed E-state index contributed by atoms with van der Waals surface area (Å²) in [6.45, 7) is 2.38. The number of hydrogen-bond acceptors (Lipinski definition) is 3. The molecule has 1 aromatic heterocycles. The number of allylic oxidation sites excluding steroid dienone is 1. The van der Waals surface area contributed by atoms with Gasteiger partial charge in [0.25, 0.3) is 0 Å². The number of aryl methyl sites for hydroxylation is 1. The van der Waals surface area contributed by atoms with Gasteiger partial charge >= 0.3 is 5.97 Å². The maximum absolute atomic E-state index is 12.4. The van der Waals surface area contributed by atoms with E-state index in [0.29, 0.717) is 13.0 Å². The molecule has 1 aromatic rings. The number of sulfonamides is 1. The molecule has 6 nitrogen and oxygen atoms in total. The number of nitrogens with zero attached hydrogens (tertiary/aromatic N) is 1. The molecule has 116 valence electrons. The average molecular weight is 312 g/mol. The zero-order chi connectivity index (χ0) is 15.5. The highest BCUT2D eigenvalue weighted by Crippen LogP contribution is 2.18. The Morgan fingerprint density at radius 3 is 2.81 bits per heavy atom. The molecule has 0 saturated heterocycles. The van der Waals surface area contributed by atoms with Crippen LogP contribution in [0.2, 0.25) is 0 Å². The van der Waals surface area contributed by atoms with Crippen molar-refractivity contribution in [1.82, 2.24) is 9.29 Å². The summed E-state index contributed by atoms with van der Waals surface area (Å²) in [6, 6.07) is 1.10. The molecule has 7 heteroatoms. The van der Waals surface area contributed by atoms with Gasteiger partial charge in [0.15, 0.2) is 0 Å². The summed E-state index contributed by atoms with van der Waals surface area (Å²) >= 11 is 0. The van der Waals surface area contributed by atoms with E-state index in [2.05, 4.69) is 4.72 Å². The van der Waals surface area contributed by atoms with Crippen LogP contribution < -0.4 is 4.72 Å². The second-order valence-corrected chi connectivity index (χ2v) is 6.88. The third kappa shape index (κ3) is 3.74. The number of carboxylic acid groups (broad SMARTS) is 1. The monoisotopic (exact) mass is 312 g/mol. The first-order valence-corrected chi connectivity index (χ1v) is 8.53. The number of nitrogens with one attached hydrogen (secondary N) is 1. The van der Waals surface area contributed by atoms with Crippen LogP contribution in [0.15, 0.2) is 29.3 Å². The molecule has 0 amide bonds. The highest BCUT2D eigenvalue weighted by molar-refractivity contribution is 7.89. The predicted octanol–water partition coefficient (Wildman–Crippen LogP) is 1.98. The van der Waals surface area contributed by atoms with E-state index in [1.807, 2.05) is 19.1 Å². The van der Waals surface area contributed by atoms with Gasteiger partial charge in [0.05, 0.1) is 0 Å². The smallest absolute Gasteiger partial charge is 0.352 e. The largest absolute Gasteiger partial charge is 0.477 e. The van der Waals surface area contributed by atoms with Crippen LogP contribution in [0.1, 0.15) is 43.1 Å². The van der Waals surface area contributed by atoms with E-state index in [4.69, 9.17) is 5.11 Å². The first-order chi connectivity index (χ1) is 9.94. The van der Waals surface area contributed by atoms with Crippen LogP contribution in [0.5, 0.6) is 0 Å². The maximum atomic E-state index is 12.4. The quantitative estimate of drug-likeness (QED) is 0.786. The van der Waals surface area contributed by atoms with Crippen molar-refractivity contribution in [3.8, 4) is 0 Å². The van der Waals surface area contributed by atoms with Crippen LogP contribution in [0, 0.1) is 0 Å². The summed E-state index contributed by atoms with van der Waals surface area (Å²) in [5.41, 5.74) is 0.000708. The van der Waals surface area contributed by atoms with Crippen molar-refractivity contribution in [2.24, 2.45) is 0 Å². The van der Waals surface area contributed by atoms with E-state index in [9.17, 15) is 13.2 Å². The SMILES string of the molecule is CCCn1cc(S(=O)(=O)NC2CC=CCC2)cc1C(=O)O. The third-order valence-corrected chi connectivity index (χ3v) is 4.94. The lowest BCUT2D eigenvalue weighted by Gasteiger charge is -2.18. The van der Waals surface area contributed by atoms with Crippen molar-refractivity contribution in [2.45, 2.75) is 50.1 Å². The Labute approximate surface area is 124 Å². The molecule has 1 unspecified atom stereocenters. The minimum Gasteiger partial charge on any atom is -0.477 e. The van der Waals surface area contributed by atoms with Gasteiger partial charge in [-0.2, -0.15) is 0 Å². The van der Waals surface area contributed by atoms with Gasteiger partial charge in [-0.15, -0.1) is 0 Å². The van der Waals surface area contributed by atoms with Gasteiger partial charge in [-0.05, 0) is 31.7 Å². The lowest BCUT2D eigenvalue weighted by Crippen LogP contribution is -2.35. The van der Waals surface area contributed by atoms with Crippen molar-refractivity contribution in [3.05, 3.63) is 30.1 Å². The van der Waals surface area contributed by atoms with Crippen LogP contribution >= 0.6 is 0 Å². The topological polar surface area (TPSA) is 88.4 Å². The van der Waals surface area contributed by atoms with Gasteiger partial charge < -0.3 is 9.67 Å². The Morgan fingerprint density at radius 2 is 2.24 bits per heavy atom. The summed E-state index contributed by atoms with van der Waals surface area (Å²) < 4.78 is 28.8. The van der Waals surface area contributed by atoms with Crippen LogP contribution in [0.4, 0.5) is 0 Å². The fourth-order valence-electron chi connectivity index (χ4n) is 2.42. The van der Waals surface area contributed by atoms with Crippen molar-refractivity contribution in [2.75, 3.05) is 0 Å². The first kappa shape index (κ1) is 15.8. The lowest BCUT2D eigenvalue weighted by molar-refractivity contribution is 0.0685. The van der Waals surface area contributed by atoms with E-state index in [0.717, 1.165) is 19.3 Å². The molecule has 0 fully saturated rings. The van der Waals surface area contributed by atoms with Crippen LogP contribution in [0.25, 0.3) is 0 Å². The predicted molar refractivity (Wildman–Crippen MR) is 78.8 cm³/mol. The molecule has 0 aliphatic heterocycles. The van der Waals surface area contributed by atoms with E-state index < -0.39 is 16.0 Å². The second-order valence-electron chi connectivity index (χ2n) is 5.16. The van der Waals surface area contributed by atoms with E-state index >= 15 is 0 Å². The summed E-state index contributed by atoms with van der Waals surface area (Å²) in [5.74, 6) is -1.12. The molecule has 2 rings (SSSR count). The fourth-order valence-corrected chi connectivity index (χ4v) is 3.75. The van der Waals surface area contributed by atoms with Gasteiger partial charge in [-0.3, -0.25) is 0 Å². The Morgan fingerprint density at radius 1 is 1.48 bits per heavy atom. The van der Waals surface area contributed by atoms with Gasteiger partial charge in [0.1, 0.15) is 10.6 Å². The molecule has 0 bridgehead atoms. The Hall–Kier alpha value is -1.60. The van der Waals surface area contributed by atoms with Crippen LogP contribution in [-0.2, 0) is 16.6 Å². The molecular weight excluding hydrogens is 292 g/mol. The van der Waals surface area contributed by atoms with E-state index in [1.54, 1.807) is 0 Å². The van der Waals surface area contributed by atoms with Crippen molar-refractivity contribution >= 4 is 16.0 Å². The Bertz CT molecular complexity index is 646. The molecule has 1 heterocycles. The zero-order valence-electron chi connectivity index (χ0n) is 11.9. The molecule has 2 N–H and O–H groups in total. The van der Waals surface area contributed by atoms with E-state index in [1.165, 1.54) is 16.8 Å². The normalized spacial score (nSPS) is 18.8. The molecular formula is C14H20N2O4S. The molecule has 1 aliphatic carbocycles. The van der Waals surface area contributed by atoms with E-state index in [-0.39, 0.29) is 16.6 Å². The van der Waals surface area contributed by atoms with Gasteiger partial charge in [-0.1, -0.05) is 19.1 Å². The van der Waals surface area contributed by atoms with Crippen molar-refractivity contribution < 1.29 is 18.3 Å². The molecule has 0 radical (unpaired) electrons. The summed E-state index contributed by atoms with van der Waals surface area (Å²) in [5, 5.41) is 9.15. The standard InChI is InChI=1S/C14H20N2O4S/c1-2-8-16-10-12(9-13(16)14(17)18)21(19,20)15-11-6-4-3-5-7-11/h3-4,9-11,15H,2,5-8H2,1H3,(H,17,18). The second kappa shape index (κ2) is 6.44. The summed E-state index contributed by atoms with van der Waals surface area (Å²) in [7, 11) is -3.68. The van der Waals surface area contributed by atoms with Gasteiger partial charge in [0, 0.05) is 18.8 Å². The number of aromatic nitrogens is 1.